The summed E-state index contributed by atoms with van der Waals surface area (Å²) in [6.07, 6.45) is 0. The molecule has 0 fully saturated rings. The number of hydrogen-bond donors (Lipinski definition) is 0. The van der Waals surface area contributed by atoms with Crippen molar-refractivity contribution in [3.63, 3.8) is 0 Å². The topological polar surface area (TPSA) is 64.4 Å². The van der Waals surface area contributed by atoms with Gasteiger partial charge in [-0.2, -0.15) is 5.10 Å². The van der Waals surface area contributed by atoms with Crippen LogP contribution in [0.2, 0.25) is 0 Å². The Morgan fingerprint density at radius 1 is 1.24 bits per heavy atom. The summed E-state index contributed by atoms with van der Waals surface area (Å²) in [5.41, 5.74) is 2.05. The van der Waals surface area contributed by atoms with E-state index >= 15 is 0 Å². The van der Waals surface area contributed by atoms with E-state index in [0.29, 0.717) is 24.6 Å². The van der Waals surface area contributed by atoms with Gasteiger partial charge in [0.2, 0.25) is 0 Å². The minimum Gasteiger partial charge on any atom is -0.465 e. The van der Waals surface area contributed by atoms with Crippen molar-refractivity contribution >= 4 is 33.4 Å². The fraction of sp³-hybridized carbons (Fsp3) is 0.409. The first-order chi connectivity index (χ1) is 13.9. The average molecular weight is 414 g/mol. The van der Waals surface area contributed by atoms with Gasteiger partial charge in [0.1, 0.15) is 11.4 Å². The number of esters is 1. The number of ether oxygens (including phenoxy) is 1. The van der Waals surface area contributed by atoms with Crippen LogP contribution >= 0.6 is 11.3 Å². The number of hydrogen-bond acceptors (Lipinski definition) is 5. The van der Waals surface area contributed by atoms with E-state index in [1.54, 1.807) is 11.8 Å². The lowest BCUT2D eigenvalue weighted by Gasteiger charge is -2.23. The van der Waals surface area contributed by atoms with Gasteiger partial charge >= 0.3 is 5.97 Å². The molecule has 0 spiro atoms. The second-order valence-electron chi connectivity index (χ2n) is 7.44. The number of aromatic nitrogens is 2. The number of benzene rings is 1. The normalized spacial score (nSPS) is 11.2. The van der Waals surface area contributed by atoms with Crippen LogP contribution in [-0.4, -0.2) is 46.3 Å². The molecule has 0 atom stereocenters. The number of thiophene rings is 1. The molecule has 1 aromatic carbocycles. The van der Waals surface area contributed by atoms with E-state index < -0.39 is 0 Å². The maximum atomic E-state index is 13.2. The Bertz CT molecular complexity index is 992. The van der Waals surface area contributed by atoms with Gasteiger partial charge < -0.3 is 9.64 Å². The van der Waals surface area contributed by atoms with Crippen molar-refractivity contribution in [2.75, 3.05) is 19.7 Å². The van der Waals surface area contributed by atoms with Crippen LogP contribution in [0.5, 0.6) is 0 Å². The van der Waals surface area contributed by atoms with Crippen molar-refractivity contribution in [2.45, 2.75) is 34.2 Å². The maximum Gasteiger partial charge on any atom is 0.325 e. The van der Waals surface area contributed by atoms with E-state index in [0.717, 1.165) is 21.5 Å². The summed E-state index contributed by atoms with van der Waals surface area (Å²) < 4.78 is 6.99. The molecule has 2 heterocycles. The summed E-state index contributed by atoms with van der Waals surface area (Å²) in [7, 11) is 0. The van der Waals surface area contributed by atoms with Crippen LogP contribution in [0, 0.1) is 12.8 Å². The Morgan fingerprint density at radius 2 is 1.97 bits per heavy atom. The highest BCUT2D eigenvalue weighted by molar-refractivity contribution is 7.20. The molecule has 0 aliphatic carbocycles. The largest absolute Gasteiger partial charge is 0.465 e. The molecule has 6 nitrogen and oxygen atoms in total. The predicted molar refractivity (Wildman–Crippen MR) is 115 cm³/mol. The highest BCUT2D eigenvalue weighted by Gasteiger charge is 2.24. The monoisotopic (exact) mass is 413 g/mol. The van der Waals surface area contributed by atoms with Crippen molar-refractivity contribution in [1.82, 2.24) is 14.7 Å². The third kappa shape index (κ3) is 5.03. The van der Waals surface area contributed by atoms with Crippen LogP contribution in [0.4, 0.5) is 0 Å². The molecular formula is C22H27N3O3S. The van der Waals surface area contributed by atoms with Gasteiger partial charge in [0, 0.05) is 11.9 Å². The Hall–Kier alpha value is -2.67. The Morgan fingerprint density at radius 3 is 2.62 bits per heavy atom. The molecule has 0 radical (unpaired) electrons. The fourth-order valence-electron chi connectivity index (χ4n) is 3.26. The highest BCUT2D eigenvalue weighted by atomic mass is 32.1. The lowest BCUT2D eigenvalue weighted by atomic mass is 10.2. The van der Waals surface area contributed by atoms with Crippen molar-refractivity contribution < 1.29 is 14.3 Å². The number of nitrogens with zero attached hydrogens (tertiary/aromatic N) is 3. The molecule has 0 N–H and O–H groups in total. The van der Waals surface area contributed by atoms with Crippen molar-refractivity contribution in [2.24, 2.45) is 5.92 Å². The number of carbonyl (C=O) groups excluding carboxylic acids is 2. The molecule has 0 aliphatic heterocycles. The van der Waals surface area contributed by atoms with E-state index in [1.807, 2.05) is 49.7 Å². The predicted octanol–water partition coefficient (Wildman–Crippen LogP) is 4.12. The number of rotatable bonds is 8. The van der Waals surface area contributed by atoms with Crippen LogP contribution in [0.25, 0.3) is 10.2 Å². The first-order valence-corrected chi connectivity index (χ1v) is 10.7. The molecule has 0 aliphatic rings. The van der Waals surface area contributed by atoms with Gasteiger partial charge in [-0.05, 0) is 31.4 Å². The second-order valence-corrected chi connectivity index (χ2v) is 8.47. The molecule has 3 rings (SSSR count). The van der Waals surface area contributed by atoms with Crippen molar-refractivity contribution in [3.8, 4) is 0 Å². The lowest BCUT2D eigenvalue weighted by Crippen LogP contribution is -2.38. The number of aryl methyl sites for hydroxylation is 1. The van der Waals surface area contributed by atoms with Crippen LogP contribution in [0.3, 0.4) is 0 Å². The van der Waals surface area contributed by atoms with E-state index in [9.17, 15) is 9.59 Å². The third-order valence-corrected chi connectivity index (χ3v) is 5.63. The zero-order chi connectivity index (χ0) is 21.0. The summed E-state index contributed by atoms with van der Waals surface area (Å²) >= 11 is 1.43. The van der Waals surface area contributed by atoms with Gasteiger partial charge in [-0.3, -0.25) is 14.3 Å². The molecule has 0 saturated heterocycles. The molecule has 7 heteroatoms. The minimum absolute atomic E-state index is 0.0335. The zero-order valence-electron chi connectivity index (χ0n) is 17.3. The number of carbonyl (C=O) groups is 2. The van der Waals surface area contributed by atoms with E-state index in [1.165, 1.54) is 11.3 Å². The molecular weight excluding hydrogens is 386 g/mol. The van der Waals surface area contributed by atoms with Crippen molar-refractivity contribution in [1.29, 1.82) is 0 Å². The summed E-state index contributed by atoms with van der Waals surface area (Å²) in [6, 6.07) is 12.0. The summed E-state index contributed by atoms with van der Waals surface area (Å²) in [5, 5.41) is 5.62. The van der Waals surface area contributed by atoms with E-state index in [2.05, 4.69) is 17.2 Å². The first kappa shape index (κ1) is 21.0. The number of amides is 1. The summed E-state index contributed by atoms with van der Waals surface area (Å²) in [5.74, 6) is -0.272. The molecule has 1 amide bonds. The molecule has 0 saturated carbocycles. The second kappa shape index (κ2) is 9.22. The molecule has 154 valence electrons. The molecule has 3 aromatic rings. The van der Waals surface area contributed by atoms with Crippen LogP contribution in [0.15, 0.2) is 36.4 Å². The Labute approximate surface area is 175 Å². The van der Waals surface area contributed by atoms with Crippen LogP contribution in [-0.2, 0) is 16.1 Å². The smallest absolute Gasteiger partial charge is 0.325 e. The molecule has 0 bridgehead atoms. The number of fused-ring (bicyclic) bond motifs is 1. The van der Waals surface area contributed by atoms with Gasteiger partial charge in [0.15, 0.2) is 0 Å². The van der Waals surface area contributed by atoms with Gasteiger partial charge in [0.25, 0.3) is 5.91 Å². The fourth-order valence-corrected chi connectivity index (χ4v) is 4.39. The quantitative estimate of drug-likeness (QED) is 0.521. The molecule has 2 aromatic heterocycles. The van der Waals surface area contributed by atoms with Crippen LogP contribution in [0.1, 0.15) is 41.7 Å². The first-order valence-electron chi connectivity index (χ1n) is 9.84. The maximum absolute atomic E-state index is 13.2. The van der Waals surface area contributed by atoms with Gasteiger partial charge in [-0.15, -0.1) is 11.3 Å². The van der Waals surface area contributed by atoms with Gasteiger partial charge in [-0.1, -0.05) is 44.2 Å². The average Bonchev–Trinajstić information content (AvgIpc) is 3.23. The summed E-state index contributed by atoms with van der Waals surface area (Å²) in [4.78, 5) is 28.3. The molecule has 29 heavy (non-hydrogen) atoms. The third-order valence-electron chi connectivity index (χ3n) is 4.49. The highest BCUT2D eigenvalue weighted by Crippen LogP contribution is 2.30. The van der Waals surface area contributed by atoms with Gasteiger partial charge in [0.05, 0.1) is 23.7 Å². The standard InChI is InChI=1S/C22H27N3O3S/c1-5-28-20(26)14-24(12-15(2)3)21(27)19-11-18-16(4)23-25(22(18)29-19)13-17-9-7-6-8-10-17/h6-11,15H,5,12-14H2,1-4H3. The van der Waals surface area contributed by atoms with Gasteiger partial charge in [-0.25, -0.2) is 0 Å². The summed E-state index contributed by atoms with van der Waals surface area (Å²) in [6.45, 7) is 9.19. The Balaban J connectivity index is 1.88. The minimum atomic E-state index is -0.381. The molecule has 0 unspecified atom stereocenters. The van der Waals surface area contributed by atoms with Crippen LogP contribution < -0.4 is 0 Å². The lowest BCUT2D eigenvalue weighted by molar-refractivity contribution is -0.143. The van der Waals surface area contributed by atoms with Crippen molar-refractivity contribution in [3.05, 3.63) is 52.5 Å². The van der Waals surface area contributed by atoms with E-state index in [-0.39, 0.29) is 24.3 Å². The SMILES string of the molecule is CCOC(=O)CN(CC(C)C)C(=O)c1cc2c(C)nn(Cc3ccccc3)c2s1. The Kier molecular flexibility index (Phi) is 6.69. The zero-order valence-corrected chi connectivity index (χ0v) is 18.2. The van der Waals surface area contributed by atoms with E-state index in [4.69, 9.17) is 4.74 Å².